The summed E-state index contributed by atoms with van der Waals surface area (Å²) in [5, 5.41) is 3.60. The Morgan fingerprint density at radius 1 is 0.931 bits per heavy atom. The zero-order valence-corrected chi connectivity index (χ0v) is 17.1. The van der Waals surface area contributed by atoms with Gasteiger partial charge in [0.1, 0.15) is 11.3 Å². The van der Waals surface area contributed by atoms with Gasteiger partial charge in [0.25, 0.3) is 0 Å². The van der Waals surface area contributed by atoms with Crippen molar-refractivity contribution in [3.8, 4) is 5.75 Å². The number of hydrogen-bond donors (Lipinski definition) is 1. The summed E-state index contributed by atoms with van der Waals surface area (Å²) in [5.41, 5.74) is 4.17. The first-order chi connectivity index (χ1) is 14.3. The van der Waals surface area contributed by atoms with Crippen molar-refractivity contribution < 1.29 is 14.3 Å². The molecule has 0 spiro atoms. The van der Waals surface area contributed by atoms with E-state index in [1.165, 1.54) is 33.8 Å². The summed E-state index contributed by atoms with van der Waals surface area (Å²) in [6, 6.07) is 22.1. The minimum absolute atomic E-state index is 0.375. The minimum Gasteiger partial charge on any atom is -0.493 e. The Kier molecular flexibility index (Phi) is 6.06. The van der Waals surface area contributed by atoms with Crippen LogP contribution in [0.2, 0.25) is 0 Å². The Labute approximate surface area is 175 Å². The van der Waals surface area contributed by atoms with Gasteiger partial charge in [-0.25, -0.2) is 4.79 Å². The molecule has 1 aliphatic heterocycles. The number of methoxy groups -OCH3 is 1. The summed E-state index contributed by atoms with van der Waals surface area (Å²) < 4.78 is 10.6. The standard InChI is InChI=1S/C24H23NO3S/c1-27-24(26)18-11-2-4-13-20(18)28-16-7-6-9-17-10-8-15-22-23(17)25-19-12-3-5-14-21(19)29-22/h2-5,8,10-15,25H,6-7,9,16H2,1H3. The summed E-state index contributed by atoms with van der Waals surface area (Å²) in [5.74, 6) is 0.200. The first-order valence-corrected chi connectivity index (χ1v) is 10.5. The Morgan fingerprint density at radius 3 is 2.62 bits per heavy atom. The monoisotopic (exact) mass is 405 g/mol. The van der Waals surface area contributed by atoms with Gasteiger partial charge in [-0.15, -0.1) is 0 Å². The minimum atomic E-state index is -0.375. The second kappa shape index (κ2) is 9.05. The molecular formula is C24H23NO3S. The van der Waals surface area contributed by atoms with Crippen molar-refractivity contribution in [2.75, 3.05) is 19.0 Å². The molecule has 29 heavy (non-hydrogen) atoms. The number of aryl methyl sites for hydroxylation is 1. The Hall–Kier alpha value is -2.92. The van der Waals surface area contributed by atoms with Crippen LogP contribution in [0.15, 0.2) is 76.5 Å². The van der Waals surface area contributed by atoms with Crippen molar-refractivity contribution in [2.45, 2.75) is 29.1 Å². The Morgan fingerprint density at radius 2 is 1.72 bits per heavy atom. The third-order valence-corrected chi connectivity index (χ3v) is 6.01. The topological polar surface area (TPSA) is 47.6 Å². The normalized spacial score (nSPS) is 11.8. The van der Waals surface area contributed by atoms with E-state index in [1.54, 1.807) is 18.2 Å². The molecule has 0 saturated heterocycles. The predicted octanol–water partition coefficient (Wildman–Crippen LogP) is 6.08. The van der Waals surface area contributed by atoms with Gasteiger partial charge in [-0.1, -0.05) is 48.2 Å². The van der Waals surface area contributed by atoms with E-state index in [1.807, 2.05) is 17.8 Å². The molecule has 0 aliphatic carbocycles. The number of carbonyl (C=O) groups excluding carboxylic acids is 1. The van der Waals surface area contributed by atoms with Crippen molar-refractivity contribution in [3.05, 3.63) is 77.9 Å². The van der Waals surface area contributed by atoms with E-state index in [-0.39, 0.29) is 5.97 Å². The zero-order valence-electron chi connectivity index (χ0n) is 16.3. The fraction of sp³-hybridized carbons (Fsp3) is 0.208. The van der Waals surface area contributed by atoms with E-state index >= 15 is 0 Å². The molecule has 0 unspecified atom stereocenters. The Bertz CT molecular complexity index is 1020. The molecule has 4 nitrogen and oxygen atoms in total. The number of anilines is 2. The van der Waals surface area contributed by atoms with E-state index in [2.05, 4.69) is 47.8 Å². The SMILES string of the molecule is COC(=O)c1ccccc1OCCCCc1cccc2c1Nc1ccccc1S2. The highest BCUT2D eigenvalue weighted by Crippen LogP contribution is 2.45. The highest BCUT2D eigenvalue weighted by Gasteiger charge is 2.17. The number of rotatable bonds is 7. The maximum absolute atomic E-state index is 11.8. The van der Waals surface area contributed by atoms with Crippen LogP contribution >= 0.6 is 11.8 Å². The fourth-order valence-corrected chi connectivity index (χ4v) is 4.44. The van der Waals surface area contributed by atoms with Crippen LogP contribution in [0.3, 0.4) is 0 Å². The lowest BCUT2D eigenvalue weighted by atomic mass is 10.1. The van der Waals surface area contributed by atoms with E-state index in [0.29, 0.717) is 17.9 Å². The lowest BCUT2D eigenvalue weighted by molar-refractivity contribution is 0.0596. The molecule has 1 aliphatic rings. The number of unbranched alkanes of at least 4 members (excludes halogenated alkanes) is 1. The van der Waals surface area contributed by atoms with Crippen molar-refractivity contribution in [1.29, 1.82) is 0 Å². The maximum atomic E-state index is 11.8. The van der Waals surface area contributed by atoms with Crippen molar-refractivity contribution >= 4 is 29.1 Å². The molecule has 0 radical (unpaired) electrons. The van der Waals surface area contributed by atoms with Crippen LogP contribution in [0, 0.1) is 0 Å². The average molecular weight is 406 g/mol. The number of fused-ring (bicyclic) bond motifs is 2. The summed E-state index contributed by atoms with van der Waals surface area (Å²) in [4.78, 5) is 14.3. The molecule has 3 aromatic carbocycles. The van der Waals surface area contributed by atoms with Crippen LogP contribution in [-0.4, -0.2) is 19.7 Å². The predicted molar refractivity (Wildman–Crippen MR) is 117 cm³/mol. The quantitative estimate of drug-likeness (QED) is 0.298. The first kappa shape index (κ1) is 19.4. The lowest BCUT2D eigenvalue weighted by Crippen LogP contribution is -2.07. The molecule has 0 saturated carbocycles. The van der Waals surface area contributed by atoms with Gasteiger partial charge >= 0.3 is 5.97 Å². The maximum Gasteiger partial charge on any atom is 0.341 e. The molecule has 148 valence electrons. The van der Waals surface area contributed by atoms with Gasteiger partial charge in [0.05, 0.1) is 25.1 Å². The number of hydrogen-bond acceptors (Lipinski definition) is 5. The molecule has 3 aromatic rings. The lowest BCUT2D eigenvalue weighted by Gasteiger charge is -2.23. The van der Waals surface area contributed by atoms with Gasteiger partial charge in [0.15, 0.2) is 0 Å². The van der Waals surface area contributed by atoms with E-state index < -0.39 is 0 Å². The van der Waals surface area contributed by atoms with Crippen LogP contribution in [0.1, 0.15) is 28.8 Å². The molecule has 0 fully saturated rings. The van der Waals surface area contributed by atoms with Crippen molar-refractivity contribution in [3.63, 3.8) is 0 Å². The van der Waals surface area contributed by atoms with Crippen LogP contribution in [-0.2, 0) is 11.2 Å². The Balaban J connectivity index is 1.33. The summed E-state index contributed by atoms with van der Waals surface area (Å²) in [6.07, 6.45) is 2.88. The second-order valence-electron chi connectivity index (χ2n) is 6.81. The number of carbonyl (C=O) groups is 1. The molecule has 0 amide bonds. The zero-order chi connectivity index (χ0) is 20.1. The van der Waals surface area contributed by atoms with Crippen molar-refractivity contribution in [1.82, 2.24) is 0 Å². The highest BCUT2D eigenvalue weighted by molar-refractivity contribution is 7.99. The summed E-state index contributed by atoms with van der Waals surface area (Å²) in [6.45, 7) is 0.564. The van der Waals surface area contributed by atoms with Crippen LogP contribution in [0.4, 0.5) is 11.4 Å². The van der Waals surface area contributed by atoms with Gasteiger partial charge in [-0.05, 0) is 55.2 Å². The third-order valence-electron chi connectivity index (χ3n) is 4.87. The average Bonchev–Trinajstić information content (AvgIpc) is 2.77. The molecule has 4 rings (SSSR count). The molecular weight excluding hydrogens is 382 g/mol. The van der Waals surface area contributed by atoms with Crippen LogP contribution < -0.4 is 10.1 Å². The smallest absolute Gasteiger partial charge is 0.341 e. The van der Waals surface area contributed by atoms with Crippen LogP contribution in [0.25, 0.3) is 0 Å². The van der Waals surface area contributed by atoms with Crippen LogP contribution in [0.5, 0.6) is 5.75 Å². The highest BCUT2D eigenvalue weighted by atomic mass is 32.2. The van der Waals surface area contributed by atoms with Crippen molar-refractivity contribution in [2.24, 2.45) is 0 Å². The van der Waals surface area contributed by atoms with Gasteiger partial charge in [0, 0.05) is 9.79 Å². The fourth-order valence-electron chi connectivity index (χ4n) is 3.39. The van der Waals surface area contributed by atoms with E-state index in [9.17, 15) is 4.79 Å². The molecule has 1 heterocycles. The molecule has 5 heteroatoms. The first-order valence-electron chi connectivity index (χ1n) is 9.72. The third kappa shape index (κ3) is 4.40. The number of para-hydroxylation sites is 3. The van der Waals surface area contributed by atoms with Gasteiger partial charge in [0.2, 0.25) is 0 Å². The number of nitrogens with one attached hydrogen (secondary N) is 1. The molecule has 0 bridgehead atoms. The van der Waals surface area contributed by atoms with Gasteiger partial charge in [-0.3, -0.25) is 0 Å². The number of esters is 1. The van der Waals surface area contributed by atoms with E-state index in [4.69, 9.17) is 9.47 Å². The van der Waals surface area contributed by atoms with Gasteiger partial charge < -0.3 is 14.8 Å². The largest absolute Gasteiger partial charge is 0.493 e. The second-order valence-corrected chi connectivity index (χ2v) is 7.89. The molecule has 0 atom stereocenters. The molecule has 1 N–H and O–H groups in total. The molecule has 0 aromatic heterocycles. The summed E-state index contributed by atoms with van der Waals surface area (Å²) >= 11 is 1.81. The van der Waals surface area contributed by atoms with E-state index in [0.717, 1.165) is 19.3 Å². The van der Waals surface area contributed by atoms with Gasteiger partial charge in [-0.2, -0.15) is 0 Å². The number of benzene rings is 3. The number of ether oxygens (including phenoxy) is 2. The summed E-state index contributed by atoms with van der Waals surface area (Å²) in [7, 11) is 1.38.